The lowest BCUT2D eigenvalue weighted by molar-refractivity contribution is -0.130. The number of nitrogens with zero attached hydrogens (tertiary/aromatic N) is 3. The summed E-state index contributed by atoms with van der Waals surface area (Å²) in [4.78, 5) is 30.8. The van der Waals surface area contributed by atoms with E-state index < -0.39 is 0 Å². The maximum atomic E-state index is 12.4. The Labute approximate surface area is 147 Å². The summed E-state index contributed by atoms with van der Waals surface area (Å²) in [5.74, 6) is -0.282. The van der Waals surface area contributed by atoms with E-state index in [1.54, 1.807) is 11.2 Å². The largest absolute Gasteiger partial charge is 0.355 e. The Morgan fingerprint density at radius 2 is 2.12 bits per heavy atom. The molecule has 1 aliphatic heterocycles. The van der Waals surface area contributed by atoms with Gasteiger partial charge in [0.15, 0.2) is 0 Å². The van der Waals surface area contributed by atoms with Crippen LogP contribution in [0.1, 0.15) is 30.6 Å². The van der Waals surface area contributed by atoms with E-state index in [1.807, 2.05) is 55.1 Å². The van der Waals surface area contributed by atoms with Gasteiger partial charge in [-0.1, -0.05) is 30.3 Å². The number of amides is 2. The molecule has 1 fully saturated rings. The molecule has 0 radical (unpaired) electrons. The second-order valence-corrected chi connectivity index (χ2v) is 6.61. The van der Waals surface area contributed by atoms with Crippen molar-refractivity contribution in [2.45, 2.75) is 25.8 Å². The average Bonchev–Trinajstić information content (AvgIpc) is 3.20. The Morgan fingerprint density at radius 3 is 2.80 bits per heavy atom. The first kappa shape index (κ1) is 17.2. The molecule has 2 heterocycles. The van der Waals surface area contributed by atoms with Gasteiger partial charge in [0.25, 0.3) is 0 Å². The zero-order valence-corrected chi connectivity index (χ0v) is 14.7. The summed E-state index contributed by atoms with van der Waals surface area (Å²) in [6.07, 6.45) is 4.66. The molecule has 1 saturated heterocycles. The highest BCUT2D eigenvalue weighted by Crippen LogP contribution is 2.28. The van der Waals surface area contributed by atoms with Crippen LogP contribution in [0.3, 0.4) is 0 Å². The minimum absolute atomic E-state index is 0.0139. The fourth-order valence-corrected chi connectivity index (χ4v) is 3.25. The third-order valence-corrected chi connectivity index (χ3v) is 4.72. The molecule has 0 bridgehead atoms. The molecule has 0 spiro atoms. The number of hydrogen-bond donors (Lipinski definition) is 1. The zero-order valence-electron chi connectivity index (χ0n) is 14.7. The third-order valence-electron chi connectivity index (χ3n) is 4.72. The summed E-state index contributed by atoms with van der Waals surface area (Å²) in [7, 11) is 1.92. The van der Waals surface area contributed by atoms with E-state index in [9.17, 15) is 9.59 Å². The Morgan fingerprint density at radius 1 is 1.36 bits per heavy atom. The molecule has 132 valence electrons. The quantitative estimate of drug-likeness (QED) is 0.870. The summed E-state index contributed by atoms with van der Waals surface area (Å²) in [5, 5.41) is 2.94. The topological polar surface area (TPSA) is 67.2 Å². The number of carbonyl (C=O) groups is 2. The lowest BCUT2D eigenvalue weighted by Crippen LogP contribution is -2.34. The number of aryl methyl sites for hydroxylation is 1. The summed E-state index contributed by atoms with van der Waals surface area (Å²) in [6.45, 7) is 3.02. The van der Waals surface area contributed by atoms with E-state index in [1.165, 1.54) is 0 Å². The van der Waals surface area contributed by atoms with Gasteiger partial charge in [0.1, 0.15) is 0 Å². The van der Waals surface area contributed by atoms with Gasteiger partial charge in [-0.2, -0.15) is 0 Å². The Hall–Kier alpha value is -2.63. The molecule has 1 N–H and O–H groups in total. The molecule has 25 heavy (non-hydrogen) atoms. The number of nitrogens with one attached hydrogen (secondary N) is 1. The standard InChI is InChI=1S/C19H24N4O2/c1-14(15-6-4-3-5-7-15)23-11-16(10-18(23)24)19(25)20-9-8-17-12-22(2)13-21-17/h3-7,12-14,16H,8-11H2,1-2H3,(H,20,25). The van der Waals surface area contributed by atoms with Crippen LogP contribution in [0.15, 0.2) is 42.9 Å². The Kier molecular flexibility index (Phi) is 5.16. The van der Waals surface area contributed by atoms with Crippen molar-refractivity contribution in [1.82, 2.24) is 19.8 Å². The molecule has 1 aliphatic rings. The van der Waals surface area contributed by atoms with Gasteiger partial charge in [0.05, 0.1) is 24.0 Å². The molecule has 2 atom stereocenters. The minimum Gasteiger partial charge on any atom is -0.355 e. The van der Waals surface area contributed by atoms with E-state index in [4.69, 9.17) is 0 Å². The van der Waals surface area contributed by atoms with Crippen molar-refractivity contribution in [3.63, 3.8) is 0 Å². The molecular formula is C19H24N4O2. The molecule has 3 rings (SSSR count). The molecule has 1 aromatic carbocycles. The maximum Gasteiger partial charge on any atom is 0.225 e. The van der Waals surface area contributed by atoms with Crippen LogP contribution in [0.2, 0.25) is 0 Å². The van der Waals surface area contributed by atoms with Crippen molar-refractivity contribution >= 4 is 11.8 Å². The summed E-state index contributed by atoms with van der Waals surface area (Å²) in [6, 6.07) is 9.90. The maximum absolute atomic E-state index is 12.4. The van der Waals surface area contributed by atoms with Crippen LogP contribution in [-0.2, 0) is 23.1 Å². The van der Waals surface area contributed by atoms with Gasteiger partial charge in [-0.05, 0) is 12.5 Å². The molecule has 0 aliphatic carbocycles. The van der Waals surface area contributed by atoms with Crippen molar-refractivity contribution in [2.75, 3.05) is 13.1 Å². The monoisotopic (exact) mass is 340 g/mol. The Balaban J connectivity index is 1.52. The molecule has 6 heteroatoms. The first-order valence-electron chi connectivity index (χ1n) is 8.63. The highest BCUT2D eigenvalue weighted by atomic mass is 16.2. The van der Waals surface area contributed by atoms with Crippen molar-refractivity contribution in [1.29, 1.82) is 0 Å². The zero-order chi connectivity index (χ0) is 17.8. The van der Waals surface area contributed by atoms with E-state index in [-0.39, 0.29) is 30.2 Å². The van der Waals surface area contributed by atoms with Crippen LogP contribution in [0, 0.1) is 5.92 Å². The second-order valence-electron chi connectivity index (χ2n) is 6.61. The predicted octanol–water partition coefficient (Wildman–Crippen LogP) is 1.69. The molecule has 2 amide bonds. The highest BCUT2D eigenvalue weighted by Gasteiger charge is 2.36. The lowest BCUT2D eigenvalue weighted by atomic mass is 10.1. The number of rotatable bonds is 6. The normalized spacial score (nSPS) is 18.4. The number of aromatic nitrogens is 2. The highest BCUT2D eigenvalue weighted by molar-refractivity contribution is 5.89. The number of benzene rings is 1. The van der Waals surface area contributed by atoms with Gasteiger partial charge in [-0.3, -0.25) is 9.59 Å². The number of likely N-dealkylation sites (tertiary alicyclic amines) is 1. The van der Waals surface area contributed by atoms with Crippen molar-refractivity contribution < 1.29 is 9.59 Å². The predicted molar refractivity (Wildman–Crippen MR) is 94.6 cm³/mol. The minimum atomic E-state index is -0.276. The fourth-order valence-electron chi connectivity index (χ4n) is 3.25. The van der Waals surface area contributed by atoms with Crippen LogP contribution < -0.4 is 5.32 Å². The SMILES string of the molecule is CC(c1ccccc1)N1CC(C(=O)NCCc2cn(C)cn2)CC1=O. The summed E-state index contributed by atoms with van der Waals surface area (Å²) < 4.78 is 1.88. The van der Waals surface area contributed by atoms with Crippen LogP contribution in [0.25, 0.3) is 0 Å². The van der Waals surface area contributed by atoms with Crippen molar-refractivity contribution in [2.24, 2.45) is 13.0 Å². The molecular weight excluding hydrogens is 316 g/mol. The van der Waals surface area contributed by atoms with E-state index in [2.05, 4.69) is 10.3 Å². The van der Waals surface area contributed by atoms with Crippen LogP contribution >= 0.6 is 0 Å². The second kappa shape index (κ2) is 7.51. The van der Waals surface area contributed by atoms with Gasteiger partial charge in [-0.25, -0.2) is 4.98 Å². The van der Waals surface area contributed by atoms with Crippen LogP contribution in [0.4, 0.5) is 0 Å². The van der Waals surface area contributed by atoms with Gasteiger partial charge in [0, 0.05) is 39.2 Å². The average molecular weight is 340 g/mol. The Bertz CT molecular complexity index is 741. The first-order chi connectivity index (χ1) is 12.0. The van der Waals surface area contributed by atoms with E-state index >= 15 is 0 Å². The molecule has 6 nitrogen and oxygen atoms in total. The molecule has 2 unspecified atom stereocenters. The van der Waals surface area contributed by atoms with Crippen molar-refractivity contribution in [3.05, 3.63) is 54.1 Å². The number of hydrogen-bond acceptors (Lipinski definition) is 3. The van der Waals surface area contributed by atoms with E-state index in [0.29, 0.717) is 19.5 Å². The van der Waals surface area contributed by atoms with Gasteiger partial charge < -0.3 is 14.8 Å². The van der Waals surface area contributed by atoms with Crippen LogP contribution in [-0.4, -0.2) is 39.4 Å². The van der Waals surface area contributed by atoms with Gasteiger partial charge in [-0.15, -0.1) is 0 Å². The summed E-state index contributed by atoms with van der Waals surface area (Å²) >= 11 is 0. The molecule has 1 aromatic heterocycles. The number of imidazole rings is 1. The fraction of sp³-hybridized carbons (Fsp3) is 0.421. The number of carbonyl (C=O) groups excluding carboxylic acids is 2. The van der Waals surface area contributed by atoms with Gasteiger partial charge >= 0.3 is 0 Å². The van der Waals surface area contributed by atoms with Crippen molar-refractivity contribution in [3.8, 4) is 0 Å². The first-order valence-corrected chi connectivity index (χ1v) is 8.63. The van der Waals surface area contributed by atoms with E-state index in [0.717, 1.165) is 11.3 Å². The smallest absolute Gasteiger partial charge is 0.225 e. The summed E-state index contributed by atoms with van der Waals surface area (Å²) in [5.41, 5.74) is 2.04. The molecule has 2 aromatic rings. The third kappa shape index (κ3) is 4.07. The van der Waals surface area contributed by atoms with Crippen LogP contribution in [0.5, 0.6) is 0 Å². The lowest BCUT2D eigenvalue weighted by Gasteiger charge is -2.25. The molecule has 0 saturated carbocycles. The van der Waals surface area contributed by atoms with Gasteiger partial charge in [0.2, 0.25) is 11.8 Å².